The van der Waals surface area contributed by atoms with Crippen LogP contribution in [0.3, 0.4) is 0 Å². The van der Waals surface area contributed by atoms with Gasteiger partial charge in [0.25, 0.3) is 0 Å². The lowest BCUT2D eigenvalue weighted by Crippen LogP contribution is -2.01. The average Bonchev–Trinajstić information content (AvgIpc) is 3.08. The van der Waals surface area contributed by atoms with E-state index in [0.717, 1.165) is 28.0 Å². The predicted molar refractivity (Wildman–Crippen MR) is 91.7 cm³/mol. The van der Waals surface area contributed by atoms with Crippen molar-refractivity contribution >= 4 is 28.2 Å². The first kappa shape index (κ1) is 14.4. The van der Waals surface area contributed by atoms with E-state index in [4.69, 9.17) is 4.74 Å². The van der Waals surface area contributed by atoms with Crippen LogP contribution in [0.4, 0.5) is 11.5 Å². The van der Waals surface area contributed by atoms with Crippen LogP contribution in [0.15, 0.2) is 42.5 Å². The lowest BCUT2D eigenvalue weighted by Gasteiger charge is -2.09. The second-order valence-corrected chi connectivity index (χ2v) is 5.45. The summed E-state index contributed by atoms with van der Waals surface area (Å²) in [6.07, 6.45) is 0. The number of tetrazole rings is 1. The van der Waals surface area contributed by atoms with Gasteiger partial charge < -0.3 is 10.1 Å². The summed E-state index contributed by atoms with van der Waals surface area (Å²) in [7, 11) is 0. The molecular formula is C17H16N6O. The summed E-state index contributed by atoms with van der Waals surface area (Å²) >= 11 is 0. The van der Waals surface area contributed by atoms with Gasteiger partial charge in [-0.1, -0.05) is 6.07 Å². The fraction of sp³-hybridized carbons (Fsp3) is 0.176. The van der Waals surface area contributed by atoms with Gasteiger partial charge in [0.05, 0.1) is 17.6 Å². The van der Waals surface area contributed by atoms with E-state index in [0.29, 0.717) is 18.1 Å². The zero-order chi connectivity index (χ0) is 16.5. The van der Waals surface area contributed by atoms with Gasteiger partial charge in [0.1, 0.15) is 5.75 Å². The van der Waals surface area contributed by atoms with E-state index in [1.807, 2.05) is 56.3 Å². The standard InChI is InChI=1S/C17H16N6O/c1-3-24-13-7-5-12(6-8-13)18-16-17-20-21-22-23(17)15-10-11(2)4-9-14(15)19-16/h4-10H,3H2,1-2H3,(H,18,19). The number of fused-ring (bicyclic) bond motifs is 3. The molecule has 0 bridgehead atoms. The number of nitrogens with one attached hydrogen (secondary N) is 1. The summed E-state index contributed by atoms with van der Waals surface area (Å²) in [6.45, 7) is 4.63. The van der Waals surface area contributed by atoms with Gasteiger partial charge in [-0.05, 0) is 66.2 Å². The van der Waals surface area contributed by atoms with Crippen molar-refractivity contribution in [2.75, 3.05) is 11.9 Å². The molecule has 7 nitrogen and oxygen atoms in total. The van der Waals surface area contributed by atoms with Crippen LogP contribution in [0.1, 0.15) is 12.5 Å². The number of anilines is 2. The molecule has 0 unspecified atom stereocenters. The molecule has 0 aliphatic rings. The van der Waals surface area contributed by atoms with Crippen LogP contribution in [0.25, 0.3) is 16.7 Å². The molecule has 0 saturated carbocycles. The molecule has 7 heteroatoms. The minimum Gasteiger partial charge on any atom is -0.494 e. The summed E-state index contributed by atoms with van der Waals surface area (Å²) in [5.41, 5.74) is 4.32. The average molecular weight is 320 g/mol. The molecule has 0 amide bonds. The third-order valence-corrected chi connectivity index (χ3v) is 3.70. The van der Waals surface area contributed by atoms with E-state index < -0.39 is 0 Å². The molecule has 2 heterocycles. The van der Waals surface area contributed by atoms with Gasteiger partial charge in [0.2, 0.25) is 5.65 Å². The first-order chi connectivity index (χ1) is 11.7. The van der Waals surface area contributed by atoms with Crippen molar-refractivity contribution < 1.29 is 4.74 Å². The zero-order valence-electron chi connectivity index (χ0n) is 13.4. The summed E-state index contributed by atoms with van der Waals surface area (Å²) in [4.78, 5) is 4.67. The number of benzene rings is 2. The maximum absolute atomic E-state index is 5.46. The molecule has 1 N–H and O–H groups in total. The first-order valence-corrected chi connectivity index (χ1v) is 7.73. The number of rotatable bonds is 4. The zero-order valence-corrected chi connectivity index (χ0v) is 13.4. The normalized spacial score (nSPS) is 11.1. The Morgan fingerprint density at radius 2 is 1.96 bits per heavy atom. The minimum atomic E-state index is 0.585. The second kappa shape index (κ2) is 5.77. The van der Waals surface area contributed by atoms with E-state index in [1.54, 1.807) is 4.52 Å². The predicted octanol–water partition coefficient (Wildman–Crippen LogP) is 3.12. The Kier molecular flexibility index (Phi) is 3.45. The molecule has 4 rings (SSSR count). The van der Waals surface area contributed by atoms with Crippen LogP contribution in [-0.4, -0.2) is 31.6 Å². The van der Waals surface area contributed by atoms with Crippen LogP contribution < -0.4 is 10.1 Å². The molecule has 0 spiro atoms. The Morgan fingerprint density at radius 3 is 2.75 bits per heavy atom. The van der Waals surface area contributed by atoms with E-state index in [1.165, 1.54) is 0 Å². The van der Waals surface area contributed by atoms with E-state index in [-0.39, 0.29) is 0 Å². The van der Waals surface area contributed by atoms with Crippen LogP contribution in [0, 0.1) is 6.92 Å². The number of nitrogens with zero attached hydrogens (tertiary/aromatic N) is 5. The highest BCUT2D eigenvalue weighted by Crippen LogP contribution is 2.24. The summed E-state index contributed by atoms with van der Waals surface area (Å²) in [6, 6.07) is 13.7. The summed E-state index contributed by atoms with van der Waals surface area (Å²) in [5, 5.41) is 15.2. The van der Waals surface area contributed by atoms with Gasteiger partial charge >= 0.3 is 0 Å². The molecule has 120 valence electrons. The van der Waals surface area contributed by atoms with Crippen LogP contribution in [-0.2, 0) is 0 Å². The van der Waals surface area contributed by atoms with E-state index in [2.05, 4.69) is 25.8 Å². The molecule has 0 radical (unpaired) electrons. The molecular weight excluding hydrogens is 304 g/mol. The Balaban J connectivity index is 1.77. The molecule has 0 aliphatic heterocycles. The fourth-order valence-electron chi connectivity index (χ4n) is 2.59. The van der Waals surface area contributed by atoms with Crippen molar-refractivity contribution in [3.05, 3.63) is 48.0 Å². The highest BCUT2D eigenvalue weighted by atomic mass is 16.5. The molecule has 0 atom stereocenters. The van der Waals surface area contributed by atoms with Gasteiger partial charge in [-0.2, -0.15) is 4.52 Å². The SMILES string of the molecule is CCOc1ccc(Nc2nc3ccc(C)cc3n3nnnc23)cc1. The van der Waals surface area contributed by atoms with Crippen molar-refractivity contribution in [3.63, 3.8) is 0 Å². The molecule has 0 fully saturated rings. The molecule has 4 aromatic rings. The maximum atomic E-state index is 5.46. The third-order valence-electron chi connectivity index (χ3n) is 3.70. The van der Waals surface area contributed by atoms with Crippen molar-refractivity contribution in [3.8, 4) is 5.75 Å². The van der Waals surface area contributed by atoms with Gasteiger partial charge in [0.15, 0.2) is 5.82 Å². The highest BCUT2D eigenvalue weighted by Gasteiger charge is 2.12. The number of aryl methyl sites for hydroxylation is 1. The lowest BCUT2D eigenvalue weighted by molar-refractivity contribution is 0.340. The molecule has 24 heavy (non-hydrogen) atoms. The third kappa shape index (κ3) is 2.50. The number of aromatic nitrogens is 5. The number of hydrogen-bond acceptors (Lipinski definition) is 6. The fourth-order valence-corrected chi connectivity index (χ4v) is 2.59. The van der Waals surface area contributed by atoms with E-state index in [9.17, 15) is 0 Å². The second-order valence-electron chi connectivity index (χ2n) is 5.45. The quantitative estimate of drug-likeness (QED) is 0.622. The van der Waals surface area contributed by atoms with Crippen molar-refractivity contribution in [1.82, 2.24) is 25.0 Å². The van der Waals surface area contributed by atoms with Crippen molar-refractivity contribution in [2.24, 2.45) is 0 Å². The summed E-state index contributed by atoms with van der Waals surface area (Å²) in [5.74, 6) is 1.44. The van der Waals surface area contributed by atoms with Crippen LogP contribution in [0.5, 0.6) is 5.75 Å². The Labute approximate surface area is 138 Å². The Hall–Kier alpha value is -3.22. The Morgan fingerprint density at radius 1 is 1.12 bits per heavy atom. The number of hydrogen-bond donors (Lipinski definition) is 1. The van der Waals surface area contributed by atoms with E-state index >= 15 is 0 Å². The largest absolute Gasteiger partial charge is 0.494 e. The van der Waals surface area contributed by atoms with Crippen LogP contribution >= 0.6 is 0 Å². The van der Waals surface area contributed by atoms with Gasteiger partial charge in [0, 0.05) is 5.69 Å². The van der Waals surface area contributed by atoms with Gasteiger partial charge in [-0.15, -0.1) is 5.10 Å². The van der Waals surface area contributed by atoms with Gasteiger partial charge in [-0.25, -0.2) is 4.98 Å². The topological polar surface area (TPSA) is 77.2 Å². The maximum Gasteiger partial charge on any atom is 0.222 e. The lowest BCUT2D eigenvalue weighted by atomic mass is 10.2. The van der Waals surface area contributed by atoms with Crippen molar-refractivity contribution in [2.45, 2.75) is 13.8 Å². The summed E-state index contributed by atoms with van der Waals surface area (Å²) < 4.78 is 7.16. The van der Waals surface area contributed by atoms with Gasteiger partial charge in [-0.3, -0.25) is 0 Å². The Bertz CT molecular complexity index is 1010. The smallest absolute Gasteiger partial charge is 0.222 e. The van der Waals surface area contributed by atoms with Crippen LogP contribution in [0.2, 0.25) is 0 Å². The minimum absolute atomic E-state index is 0.585. The number of ether oxygens (including phenoxy) is 1. The monoisotopic (exact) mass is 320 g/mol. The van der Waals surface area contributed by atoms with Crippen molar-refractivity contribution in [1.29, 1.82) is 0 Å². The first-order valence-electron chi connectivity index (χ1n) is 7.73. The molecule has 0 saturated heterocycles. The molecule has 0 aliphatic carbocycles. The highest BCUT2D eigenvalue weighted by molar-refractivity contribution is 5.84. The molecule has 2 aromatic carbocycles. The molecule has 2 aromatic heterocycles.